The molecule has 1 heterocycles. The van der Waals surface area contributed by atoms with Gasteiger partial charge in [-0.1, -0.05) is 21.0 Å². The number of benzene rings is 1. The first-order chi connectivity index (χ1) is 6.29. The maximum absolute atomic E-state index is 4.86. The summed E-state index contributed by atoms with van der Waals surface area (Å²) in [6, 6.07) is 5.90. The van der Waals surface area contributed by atoms with Crippen LogP contribution in [-0.4, -0.2) is 22.3 Å². The summed E-state index contributed by atoms with van der Waals surface area (Å²) in [7, 11) is 1.52. The molecule has 0 radical (unpaired) electrons. The van der Waals surface area contributed by atoms with Gasteiger partial charge in [0.05, 0.1) is 12.6 Å². The molecule has 0 amide bonds. The van der Waals surface area contributed by atoms with E-state index in [1.54, 1.807) is 0 Å². The molecular formula is C8H6BrN3O. The van der Waals surface area contributed by atoms with Crippen LogP contribution in [0.3, 0.4) is 0 Å². The molecular weight excluding hydrogens is 234 g/mol. The highest BCUT2D eigenvalue weighted by atomic mass is 79.9. The summed E-state index contributed by atoms with van der Waals surface area (Å²) >= 11 is 3.34. The predicted octanol–water partition coefficient (Wildman–Crippen LogP) is 1.80. The van der Waals surface area contributed by atoms with Crippen molar-refractivity contribution < 1.29 is 4.74 Å². The molecule has 0 N–H and O–H groups in total. The van der Waals surface area contributed by atoms with Crippen LogP contribution in [0.15, 0.2) is 22.7 Å². The second kappa shape index (κ2) is 3.26. The smallest absolute Gasteiger partial charge is 0.335 e. The first-order valence-electron chi connectivity index (χ1n) is 3.63. The Morgan fingerprint density at radius 3 is 2.85 bits per heavy atom. The third kappa shape index (κ3) is 1.60. The minimum atomic E-state index is 0.287. The lowest BCUT2D eigenvalue weighted by Gasteiger charge is -1.98. The van der Waals surface area contributed by atoms with Crippen LogP contribution in [0.25, 0.3) is 11.0 Å². The number of methoxy groups -OCH3 is 1. The molecule has 0 saturated heterocycles. The number of hydrogen-bond acceptors (Lipinski definition) is 4. The lowest BCUT2D eigenvalue weighted by molar-refractivity contribution is 0.376. The minimum absolute atomic E-state index is 0.287. The molecule has 0 atom stereocenters. The Hall–Kier alpha value is -1.23. The van der Waals surface area contributed by atoms with Crippen molar-refractivity contribution in [3.63, 3.8) is 0 Å². The normalized spacial score (nSPS) is 10.3. The van der Waals surface area contributed by atoms with Crippen LogP contribution in [0.2, 0.25) is 0 Å². The van der Waals surface area contributed by atoms with E-state index < -0.39 is 0 Å². The van der Waals surface area contributed by atoms with Gasteiger partial charge in [-0.3, -0.25) is 0 Å². The number of nitrogens with zero attached hydrogens (tertiary/aromatic N) is 3. The number of halogens is 1. The van der Waals surface area contributed by atoms with Crippen molar-refractivity contribution in [1.82, 2.24) is 15.2 Å². The molecule has 2 aromatic rings. The van der Waals surface area contributed by atoms with Crippen molar-refractivity contribution >= 4 is 27.0 Å². The summed E-state index contributed by atoms with van der Waals surface area (Å²) in [4.78, 5) is 4.12. The Balaban J connectivity index is 2.66. The van der Waals surface area contributed by atoms with E-state index in [0.29, 0.717) is 0 Å². The van der Waals surface area contributed by atoms with Crippen molar-refractivity contribution in [1.29, 1.82) is 0 Å². The third-order valence-corrected chi connectivity index (χ3v) is 2.07. The SMILES string of the molecule is COc1nnc2cc(Br)ccc2n1. The average molecular weight is 240 g/mol. The lowest BCUT2D eigenvalue weighted by atomic mass is 10.3. The van der Waals surface area contributed by atoms with Gasteiger partial charge in [-0.15, -0.1) is 5.10 Å². The molecule has 0 fully saturated rings. The van der Waals surface area contributed by atoms with Crippen molar-refractivity contribution in [3.8, 4) is 6.01 Å². The number of rotatable bonds is 1. The zero-order valence-corrected chi connectivity index (χ0v) is 8.45. The van der Waals surface area contributed by atoms with Crippen LogP contribution >= 0.6 is 15.9 Å². The third-order valence-electron chi connectivity index (χ3n) is 1.58. The van der Waals surface area contributed by atoms with Crippen molar-refractivity contribution in [3.05, 3.63) is 22.7 Å². The van der Waals surface area contributed by atoms with E-state index in [1.165, 1.54) is 7.11 Å². The van der Waals surface area contributed by atoms with Crippen LogP contribution in [0.5, 0.6) is 6.01 Å². The zero-order valence-electron chi connectivity index (χ0n) is 6.86. The Morgan fingerprint density at radius 1 is 1.23 bits per heavy atom. The van der Waals surface area contributed by atoms with E-state index >= 15 is 0 Å². The van der Waals surface area contributed by atoms with Gasteiger partial charge in [0, 0.05) is 4.47 Å². The molecule has 0 aliphatic heterocycles. The average Bonchev–Trinajstić information content (AvgIpc) is 2.17. The highest BCUT2D eigenvalue weighted by molar-refractivity contribution is 9.10. The number of fused-ring (bicyclic) bond motifs is 1. The molecule has 0 spiro atoms. The maximum atomic E-state index is 4.86. The van der Waals surface area contributed by atoms with Crippen LogP contribution in [-0.2, 0) is 0 Å². The molecule has 0 aliphatic carbocycles. The van der Waals surface area contributed by atoms with Gasteiger partial charge >= 0.3 is 6.01 Å². The van der Waals surface area contributed by atoms with E-state index in [0.717, 1.165) is 15.5 Å². The second-order valence-electron chi connectivity index (χ2n) is 2.43. The van der Waals surface area contributed by atoms with E-state index in [4.69, 9.17) is 4.74 Å². The fraction of sp³-hybridized carbons (Fsp3) is 0.125. The molecule has 1 aromatic carbocycles. The van der Waals surface area contributed by atoms with Gasteiger partial charge in [0.1, 0.15) is 5.52 Å². The quantitative estimate of drug-likeness (QED) is 0.762. The van der Waals surface area contributed by atoms with Gasteiger partial charge in [0.15, 0.2) is 0 Å². The zero-order chi connectivity index (χ0) is 9.26. The molecule has 4 nitrogen and oxygen atoms in total. The van der Waals surface area contributed by atoms with E-state index in [-0.39, 0.29) is 6.01 Å². The summed E-state index contributed by atoms with van der Waals surface area (Å²) in [6.07, 6.45) is 0. The molecule has 0 bridgehead atoms. The summed E-state index contributed by atoms with van der Waals surface area (Å²) in [6.45, 7) is 0. The highest BCUT2D eigenvalue weighted by Crippen LogP contribution is 2.16. The fourth-order valence-corrected chi connectivity index (χ4v) is 1.33. The van der Waals surface area contributed by atoms with E-state index in [1.807, 2.05) is 18.2 Å². The molecule has 0 unspecified atom stereocenters. The fourth-order valence-electron chi connectivity index (χ4n) is 0.980. The van der Waals surface area contributed by atoms with E-state index in [2.05, 4.69) is 31.1 Å². The summed E-state index contributed by atoms with van der Waals surface area (Å²) in [5.41, 5.74) is 1.52. The first kappa shape index (κ1) is 8.37. The number of ether oxygens (including phenoxy) is 1. The molecule has 13 heavy (non-hydrogen) atoms. The summed E-state index contributed by atoms with van der Waals surface area (Å²) in [5.74, 6) is 0. The summed E-state index contributed by atoms with van der Waals surface area (Å²) in [5, 5.41) is 7.71. The van der Waals surface area contributed by atoms with Crippen LogP contribution in [0.1, 0.15) is 0 Å². The Kier molecular flexibility index (Phi) is 2.10. The molecule has 0 aliphatic rings. The topological polar surface area (TPSA) is 47.9 Å². The first-order valence-corrected chi connectivity index (χ1v) is 4.43. The predicted molar refractivity (Wildman–Crippen MR) is 51.6 cm³/mol. The Labute approximate surface area is 83.1 Å². The lowest BCUT2D eigenvalue weighted by Crippen LogP contribution is -1.94. The van der Waals surface area contributed by atoms with Crippen molar-refractivity contribution in [2.75, 3.05) is 7.11 Å². The van der Waals surface area contributed by atoms with Gasteiger partial charge in [0.25, 0.3) is 0 Å². The molecule has 1 aromatic heterocycles. The highest BCUT2D eigenvalue weighted by Gasteiger charge is 2.00. The number of aromatic nitrogens is 3. The second-order valence-corrected chi connectivity index (χ2v) is 3.35. The van der Waals surface area contributed by atoms with Gasteiger partial charge < -0.3 is 4.74 Å². The summed E-state index contributed by atoms with van der Waals surface area (Å²) < 4.78 is 5.82. The Bertz CT molecular complexity index is 446. The van der Waals surface area contributed by atoms with Gasteiger partial charge in [-0.05, 0) is 18.2 Å². The molecule has 0 saturated carbocycles. The molecule has 2 rings (SSSR count). The standard InChI is InChI=1S/C8H6BrN3O/c1-13-8-10-6-3-2-5(9)4-7(6)11-12-8/h2-4H,1H3. The maximum Gasteiger partial charge on any atom is 0.335 e. The van der Waals surface area contributed by atoms with Gasteiger partial charge in [-0.2, -0.15) is 4.98 Å². The monoisotopic (exact) mass is 239 g/mol. The Morgan fingerprint density at radius 2 is 2.08 bits per heavy atom. The van der Waals surface area contributed by atoms with Crippen LogP contribution in [0, 0.1) is 0 Å². The van der Waals surface area contributed by atoms with Crippen LogP contribution < -0.4 is 4.74 Å². The minimum Gasteiger partial charge on any atom is -0.466 e. The largest absolute Gasteiger partial charge is 0.466 e. The van der Waals surface area contributed by atoms with Crippen molar-refractivity contribution in [2.45, 2.75) is 0 Å². The van der Waals surface area contributed by atoms with Crippen LogP contribution in [0.4, 0.5) is 0 Å². The number of hydrogen-bond donors (Lipinski definition) is 0. The van der Waals surface area contributed by atoms with E-state index in [9.17, 15) is 0 Å². The molecule has 66 valence electrons. The van der Waals surface area contributed by atoms with Crippen molar-refractivity contribution in [2.24, 2.45) is 0 Å². The molecule has 5 heteroatoms. The van der Waals surface area contributed by atoms with Gasteiger partial charge in [-0.25, -0.2) is 0 Å². The van der Waals surface area contributed by atoms with Gasteiger partial charge in [0.2, 0.25) is 0 Å².